The zero-order chi connectivity index (χ0) is 14.5. The topological polar surface area (TPSA) is 73.1 Å². The molecule has 0 saturated heterocycles. The van der Waals surface area contributed by atoms with Gasteiger partial charge in [0.15, 0.2) is 0 Å². The van der Waals surface area contributed by atoms with Crippen molar-refractivity contribution in [1.29, 1.82) is 0 Å². The second-order valence-corrected chi connectivity index (χ2v) is 5.23. The van der Waals surface area contributed by atoms with Crippen molar-refractivity contribution in [3.05, 3.63) is 34.6 Å². The summed E-state index contributed by atoms with van der Waals surface area (Å²) < 4.78 is 6.28. The predicted molar refractivity (Wildman–Crippen MR) is 84.4 cm³/mol. The van der Waals surface area contributed by atoms with Crippen molar-refractivity contribution in [2.45, 2.75) is 19.8 Å². The van der Waals surface area contributed by atoms with Gasteiger partial charge in [0, 0.05) is 17.0 Å². The minimum absolute atomic E-state index is 0.458. The molecular formula is C14H17BrN4O. The van der Waals surface area contributed by atoms with Crippen LogP contribution in [0.4, 0.5) is 17.3 Å². The third-order valence-electron chi connectivity index (χ3n) is 2.69. The lowest BCUT2D eigenvalue weighted by Gasteiger charge is -2.12. The summed E-state index contributed by atoms with van der Waals surface area (Å²) in [6.07, 6.45) is 1.78. The van der Waals surface area contributed by atoms with E-state index in [9.17, 15) is 0 Å². The molecule has 0 radical (unpaired) electrons. The zero-order valence-corrected chi connectivity index (χ0v) is 13.1. The number of anilines is 3. The lowest BCUT2D eigenvalue weighted by atomic mass is 10.3. The molecule has 1 heterocycles. The van der Waals surface area contributed by atoms with Crippen molar-refractivity contribution in [1.82, 2.24) is 9.97 Å². The Morgan fingerprint density at radius 2 is 2.10 bits per heavy atom. The van der Waals surface area contributed by atoms with Crippen molar-refractivity contribution in [3.8, 4) is 5.75 Å². The Labute approximate surface area is 126 Å². The summed E-state index contributed by atoms with van der Waals surface area (Å²) in [7, 11) is 1.63. The Morgan fingerprint density at radius 3 is 2.80 bits per heavy atom. The highest BCUT2D eigenvalue weighted by molar-refractivity contribution is 9.10. The Kier molecular flexibility index (Phi) is 4.79. The van der Waals surface area contributed by atoms with Crippen LogP contribution in [0.5, 0.6) is 5.75 Å². The lowest BCUT2D eigenvalue weighted by Crippen LogP contribution is -2.04. The van der Waals surface area contributed by atoms with Gasteiger partial charge >= 0.3 is 0 Å². The predicted octanol–water partition coefficient (Wildman–Crippen LogP) is 3.53. The number of benzene rings is 1. The molecule has 0 spiro atoms. The van der Waals surface area contributed by atoms with Crippen LogP contribution in [0.2, 0.25) is 0 Å². The summed E-state index contributed by atoms with van der Waals surface area (Å²) in [5.74, 6) is 2.60. The van der Waals surface area contributed by atoms with Crippen molar-refractivity contribution in [3.63, 3.8) is 0 Å². The highest BCUT2D eigenvalue weighted by Crippen LogP contribution is 2.30. The van der Waals surface area contributed by atoms with Gasteiger partial charge in [0.2, 0.25) is 0 Å². The fourth-order valence-electron chi connectivity index (χ4n) is 1.83. The van der Waals surface area contributed by atoms with Gasteiger partial charge < -0.3 is 15.8 Å². The van der Waals surface area contributed by atoms with Crippen LogP contribution >= 0.6 is 15.9 Å². The van der Waals surface area contributed by atoms with Crippen LogP contribution in [-0.2, 0) is 6.42 Å². The summed E-state index contributed by atoms with van der Waals surface area (Å²) in [5.41, 5.74) is 6.63. The molecule has 0 aliphatic carbocycles. The Balaban J connectivity index is 2.31. The normalized spacial score (nSPS) is 10.3. The highest BCUT2D eigenvalue weighted by Gasteiger charge is 2.07. The average molecular weight is 337 g/mol. The summed E-state index contributed by atoms with van der Waals surface area (Å²) >= 11 is 3.44. The SMILES string of the molecule is CCCc1nc(N)cc(Nc2cc(Br)ccc2OC)n1. The first-order valence-corrected chi connectivity index (χ1v) is 7.15. The molecule has 5 nitrogen and oxygen atoms in total. The van der Waals surface area contributed by atoms with Crippen molar-refractivity contribution >= 4 is 33.3 Å². The Morgan fingerprint density at radius 1 is 1.30 bits per heavy atom. The standard InChI is InChI=1S/C14H17BrN4O/c1-3-4-13-18-12(16)8-14(19-13)17-10-7-9(15)5-6-11(10)20-2/h5-8H,3-4H2,1-2H3,(H3,16,17,18,19). The average Bonchev–Trinajstić information content (AvgIpc) is 2.38. The number of nitrogen functional groups attached to an aromatic ring is 1. The first-order chi connectivity index (χ1) is 9.62. The molecule has 1 aromatic heterocycles. The number of aryl methyl sites for hydroxylation is 1. The summed E-state index contributed by atoms with van der Waals surface area (Å²) in [6.45, 7) is 2.08. The third-order valence-corrected chi connectivity index (χ3v) is 3.18. The fraction of sp³-hybridized carbons (Fsp3) is 0.286. The molecule has 0 aliphatic rings. The largest absolute Gasteiger partial charge is 0.495 e. The minimum Gasteiger partial charge on any atom is -0.495 e. The van der Waals surface area contributed by atoms with E-state index in [2.05, 4.69) is 38.1 Å². The molecule has 3 N–H and O–H groups in total. The van der Waals surface area contributed by atoms with Gasteiger partial charge in [0.25, 0.3) is 0 Å². The van der Waals surface area contributed by atoms with Gasteiger partial charge in [-0.15, -0.1) is 0 Å². The van der Waals surface area contributed by atoms with Crippen molar-refractivity contribution < 1.29 is 4.74 Å². The number of hydrogen-bond acceptors (Lipinski definition) is 5. The van der Waals surface area contributed by atoms with Crippen LogP contribution in [0.25, 0.3) is 0 Å². The van der Waals surface area contributed by atoms with Gasteiger partial charge in [-0.25, -0.2) is 9.97 Å². The number of nitrogens with zero attached hydrogens (tertiary/aromatic N) is 2. The molecule has 0 atom stereocenters. The number of nitrogens with one attached hydrogen (secondary N) is 1. The fourth-order valence-corrected chi connectivity index (χ4v) is 2.19. The number of halogens is 1. The van der Waals surface area contributed by atoms with E-state index < -0.39 is 0 Å². The van der Waals surface area contributed by atoms with E-state index in [0.717, 1.165) is 34.6 Å². The Bertz CT molecular complexity index is 604. The van der Waals surface area contributed by atoms with E-state index >= 15 is 0 Å². The molecule has 2 rings (SSSR count). The van der Waals surface area contributed by atoms with Crippen LogP contribution in [0.3, 0.4) is 0 Å². The van der Waals surface area contributed by atoms with Crippen molar-refractivity contribution in [2.24, 2.45) is 0 Å². The van der Waals surface area contributed by atoms with E-state index in [1.165, 1.54) is 0 Å². The van der Waals surface area contributed by atoms with Gasteiger partial charge in [0.05, 0.1) is 12.8 Å². The van der Waals surface area contributed by atoms with Gasteiger partial charge in [-0.3, -0.25) is 0 Å². The number of nitrogens with two attached hydrogens (primary N) is 1. The van der Waals surface area contributed by atoms with Crippen LogP contribution in [0, 0.1) is 0 Å². The number of methoxy groups -OCH3 is 1. The molecule has 0 unspecified atom stereocenters. The smallest absolute Gasteiger partial charge is 0.142 e. The lowest BCUT2D eigenvalue weighted by molar-refractivity contribution is 0.416. The van der Waals surface area contributed by atoms with Crippen LogP contribution in [0.15, 0.2) is 28.7 Å². The van der Waals surface area contributed by atoms with E-state index in [4.69, 9.17) is 10.5 Å². The molecule has 2 aromatic rings. The number of rotatable bonds is 5. The molecule has 20 heavy (non-hydrogen) atoms. The van der Waals surface area contributed by atoms with Gasteiger partial charge in [0.1, 0.15) is 23.2 Å². The zero-order valence-electron chi connectivity index (χ0n) is 11.5. The molecule has 0 amide bonds. The molecule has 0 fully saturated rings. The quantitative estimate of drug-likeness (QED) is 0.873. The molecule has 0 bridgehead atoms. The summed E-state index contributed by atoms with van der Waals surface area (Å²) in [6, 6.07) is 7.43. The molecule has 0 aliphatic heterocycles. The maximum atomic E-state index is 5.81. The van der Waals surface area contributed by atoms with E-state index in [-0.39, 0.29) is 0 Å². The Hall–Kier alpha value is -1.82. The number of hydrogen-bond donors (Lipinski definition) is 2. The first-order valence-electron chi connectivity index (χ1n) is 6.36. The van der Waals surface area contributed by atoms with E-state index in [0.29, 0.717) is 11.6 Å². The molecule has 106 valence electrons. The van der Waals surface area contributed by atoms with Gasteiger partial charge in [-0.2, -0.15) is 0 Å². The molecular weight excluding hydrogens is 320 g/mol. The summed E-state index contributed by atoms with van der Waals surface area (Å²) in [5, 5.41) is 3.22. The third kappa shape index (κ3) is 3.60. The maximum absolute atomic E-state index is 5.81. The summed E-state index contributed by atoms with van der Waals surface area (Å²) in [4.78, 5) is 8.66. The van der Waals surface area contributed by atoms with E-state index in [1.54, 1.807) is 13.2 Å². The van der Waals surface area contributed by atoms with Gasteiger partial charge in [-0.05, 0) is 24.6 Å². The minimum atomic E-state index is 0.458. The van der Waals surface area contributed by atoms with Gasteiger partial charge in [-0.1, -0.05) is 22.9 Å². The van der Waals surface area contributed by atoms with Crippen LogP contribution in [0.1, 0.15) is 19.2 Å². The molecule has 0 saturated carbocycles. The van der Waals surface area contributed by atoms with Crippen LogP contribution < -0.4 is 15.8 Å². The van der Waals surface area contributed by atoms with Crippen LogP contribution in [-0.4, -0.2) is 17.1 Å². The van der Waals surface area contributed by atoms with E-state index in [1.807, 2.05) is 18.2 Å². The number of aromatic nitrogens is 2. The second kappa shape index (κ2) is 6.56. The molecule has 1 aromatic carbocycles. The monoisotopic (exact) mass is 336 g/mol. The number of ether oxygens (including phenoxy) is 1. The molecule has 6 heteroatoms. The highest BCUT2D eigenvalue weighted by atomic mass is 79.9. The second-order valence-electron chi connectivity index (χ2n) is 4.31. The first kappa shape index (κ1) is 14.6. The maximum Gasteiger partial charge on any atom is 0.142 e. The van der Waals surface area contributed by atoms with Crippen molar-refractivity contribution in [2.75, 3.05) is 18.2 Å².